The SMILES string of the molecule is Cc1nc(CNCc2c(C(=O)O)sc3ccccc23)cs1. The minimum atomic E-state index is -0.863. The number of carboxylic acid groups (broad SMARTS) is 1. The minimum absolute atomic E-state index is 0.415. The fourth-order valence-electron chi connectivity index (χ4n) is 2.25. The van der Waals surface area contributed by atoms with Crippen molar-refractivity contribution in [1.29, 1.82) is 0 Å². The lowest BCUT2D eigenvalue weighted by atomic mass is 10.1. The molecule has 0 aliphatic rings. The lowest BCUT2D eigenvalue weighted by molar-refractivity contribution is 0.0701. The second kappa shape index (κ2) is 5.93. The molecule has 0 aliphatic carbocycles. The van der Waals surface area contributed by atoms with E-state index in [9.17, 15) is 9.90 Å². The summed E-state index contributed by atoms with van der Waals surface area (Å²) in [7, 11) is 0. The Bertz CT molecular complexity index is 792. The number of benzene rings is 1. The summed E-state index contributed by atoms with van der Waals surface area (Å²) in [6.45, 7) is 3.15. The van der Waals surface area contributed by atoms with Crippen LogP contribution >= 0.6 is 22.7 Å². The molecule has 3 rings (SSSR count). The highest BCUT2D eigenvalue weighted by Gasteiger charge is 2.16. The number of rotatable bonds is 5. The highest BCUT2D eigenvalue weighted by Crippen LogP contribution is 2.31. The number of thiophene rings is 1. The van der Waals surface area contributed by atoms with Crippen LogP contribution < -0.4 is 5.32 Å². The Morgan fingerprint density at radius 2 is 2.14 bits per heavy atom. The van der Waals surface area contributed by atoms with Crippen LogP contribution in [0.1, 0.15) is 25.9 Å². The summed E-state index contributed by atoms with van der Waals surface area (Å²) in [5.41, 5.74) is 1.85. The number of nitrogens with zero attached hydrogens (tertiary/aromatic N) is 1. The van der Waals surface area contributed by atoms with Crippen molar-refractivity contribution < 1.29 is 9.90 Å². The van der Waals surface area contributed by atoms with E-state index >= 15 is 0 Å². The highest BCUT2D eigenvalue weighted by atomic mass is 32.1. The van der Waals surface area contributed by atoms with E-state index in [1.807, 2.05) is 36.6 Å². The zero-order valence-electron chi connectivity index (χ0n) is 11.4. The molecule has 2 heterocycles. The molecule has 108 valence electrons. The molecule has 1 aromatic carbocycles. The number of carboxylic acids is 1. The van der Waals surface area contributed by atoms with Gasteiger partial charge in [-0.05, 0) is 23.9 Å². The summed E-state index contributed by atoms with van der Waals surface area (Å²) in [6.07, 6.45) is 0. The molecule has 21 heavy (non-hydrogen) atoms. The van der Waals surface area contributed by atoms with Crippen LogP contribution in [-0.2, 0) is 13.1 Å². The second-order valence-corrected chi connectivity index (χ2v) is 6.79. The van der Waals surface area contributed by atoms with Gasteiger partial charge < -0.3 is 10.4 Å². The van der Waals surface area contributed by atoms with E-state index in [2.05, 4.69) is 10.3 Å². The minimum Gasteiger partial charge on any atom is -0.477 e. The van der Waals surface area contributed by atoms with E-state index < -0.39 is 5.97 Å². The standard InChI is InChI=1S/C15H14N2O2S2/c1-9-17-10(8-20-9)6-16-7-12-11-4-2-3-5-13(11)21-14(12)15(18)19/h2-5,8,16H,6-7H2,1H3,(H,18,19). The average molecular weight is 318 g/mol. The molecule has 0 bridgehead atoms. The average Bonchev–Trinajstić information content (AvgIpc) is 3.03. The molecule has 3 aromatic rings. The molecule has 2 aromatic heterocycles. The van der Waals surface area contributed by atoms with Gasteiger partial charge in [-0.1, -0.05) is 18.2 Å². The molecule has 0 amide bonds. The van der Waals surface area contributed by atoms with E-state index in [1.54, 1.807) is 11.3 Å². The molecule has 0 fully saturated rings. The molecule has 6 heteroatoms. The molecule has 0 unspecified atom stereocenters. The van der Waals surface area contributed by atoms with Crippen molar-refractivity contribution in [2.45, 2.75) is 20.0 Å². The monoisotopic (exact) mass is 318 g/mol. The summed E-state index contributed by atoms with van der Waals surface area (Å²) in [4.78, 5) is 16.2. The Morgan fingerprint density at radius 1 is 1.33 bits per heavy atom. The highest BCUT2D eigenvalue weighted by molar-refractivity contribution is 7.21. The van der Waals surface area contributed by atoms with Crippen LogP contribution in [0.25, 0.3) is 10.1 Å². The first kappa shape index (κ1) is 14.2. The van der Waals surface area contributed by atoms with Crippen molar-refractivity contribution in [1.82, 2.24) is 10.3 Å². The van der Waals surface area contributed by atoms with Gasteiger partial charge in [0.05, 0.1) is 10.7 Å². The molecule has 0 radical (unpaired) electrons. The lowest BCUT2D eigenvalue weighted by Gasteiger charge is -2.04. The van der Waals surface area contributed by atoms with Gasteiger partial charge in [-0.3, -0.25) is 0 Å². The Balaban J connectivity index is 1.82. The predicted molar refractivity (Wildman–Crippen MR) is 86.2 cm³/mol. The van der Waals surface area contributed by atoms with Gasteiger partial charge in [-0.2, -0.15) is 0 Å². The van der Waals surface area contributed by atoms with Crippen LogP contribution in [0, 0.1) is 6.92 Å². The summed E-state index contributed by atoms with van der Waals surface area (Å²) in [5.74, 6) is -0.863. The number of aromatic carboxylic acids is 1. The van der Waals surface area contributed by atoms with Gasteiger partial charge >= 0.3 is 5.97 Å². The summed E-state index contributed by atoms with van der Waals surface area (Å²) in [6, 6.07) is 7.80. The zero-order valence-corrected chi connectivity index (χ0v) is 13.1. The number of aromatic nitrogens is 1. The molecule has 0 saturated heterocycles. The molecule has 0 saturated carbocycles. The number of hydrogen-bond acceptors (Lipinski definition) is 5. The molecule has 4 nitrogen and oxygen atoms in total. The quantitative estimate of drug-likeness (QED) is 0.754. The zero-order chi connectivity index (χ0) is 14.8. The largest absolute Gasteiger partial charge is 0.477 e. The number of thiazole rings is 1. The van der Waals surface area contributed by atoms with E-state index in [0.29, 0.717) is 18.0 Å². The third-order valence-corrected chi connectivity index (χ3v) is 5.19. The van der Waals surface area contributed by atoms with Gasteiger partial charge in [0.15, 0.2) is 0 Å². The first-order valence-corrected chi connectivity index (χ1v) is 8.20. The molecular weight excluding hydrogens is 304 g/mol. The third kappa shape index (κ3) is 2.97. The maximum absolute atomic E-state index is 11.4. The third-order valence-electron chi connectivity index (χ3n) is 3.17. The predicted octanol–water partition coefficient (Wildman–Crippen LogP) is 3.65. The second-order valence-electron chi connectivity index (χ2n) is 4.67. The number of fused-ring (bicyclic) bond motifs is 1. The van der Waals surface area contributed by atoms with Crippen molar-refractivity contribution >= 4 is 38.7 Å². The molecule has 0 spiro atoms. The molecular formula is C15H14N2O2S2. The van der Waals surface area contributed by atoms with Crippen molar-refractivity contribution in [2.24, 2.45) is 0 Å². The number of nitrogens with one attached hydrogen (secondary N) is 1. The van der Waals surface area contributed by atoms with E-state index in [0.717, 1.165) is 26.4 Å². The van der Waals surface area contributed by atoms with E-state index in [4.69, 9.17) is 0 Å². The van der Waals surface area contributed by atoms with Gasteiger partial charge in [0.2, 0.25) is 0 Å². The van der Waals surface area contributed by atoms with Gasteiger partial charge in [0, 0.05) is 23.2 Å². The summed E-state index contributed by atoms with van der Waals surface area (Å²) < 4.78 is 1.01. The van der Waals surface area contributed by atoms with Gasteiger partial charge in [-0.15, -0.1) is 22.7 Å². The van der Waals surface area contributed by atoms with Crippen LogP contribution in [0.15, 0.2) is 29.6 Å². The van der Waals surface area contributed by atoms with Gasteiger partial charge in [0.1, 0.15) is 4.88 Å². The molecule has 0 atom stereocenters. The molecule has 2 N–H and O–H groups in total. The van der Waals surface area contributed by atoms with Crippen molar-refractivity contribution in [3.8, 4) is 0 Å². The molecule has 0 aliphatic heterocycles. The van der Waals surface area contributed by atoms with Crippen LogP contribution in [0.4, 0.5) is 0 Å². The first-order valence-electron chi connectivity index (χ1n) is 6.50. The maximum Gasteiger partial charge on any atom is 0.346 e. The Morgan fingerprint density at radius 3 is 2.86 bits per heavy atom. The summed E-state index contributed by atoms with van der Waals surface area (Å²) in [5, 5.41) is 16.7. The Hall–Kier alpha value is -1.76. The van der Waals surface area contributed by atoms with Crippen molar-refractivity contribution in [3.63, 3.8) is 0 Å². The first-order chi connectivity index (χ1) is 10.1. The Labute approximate surface area is 130 Å². The normalized spacial score (nSPS) is 11.1. The number of hydrogen-bond donors (Lipinski definition) is 2. The van der Waals surface area contributed by atoms with Gasteiger partial charge in [-0.25, -0.2) is 9.78 Å². The van der Waals surface area contributed by atoms with Crippen molar-refractivity contribution in [3.05, 3.63) is 50.8 Å². The van der Waals surface area contributed by atoms with Crippen LogP contribution in [0.2, 0.25) is 0 Å². The summed E-state index contributed by atoms with van der Waals surface area (Å²) >= 11 is 2.95. The Kier molecular flexibility index (Phi) is 4.01. The lowest BCUT2D eigenvalue weighted by Crippen LogP contribution is -2.14. The topological polar surface area (TPSA) is 62.2 Å². The maximum atomic E-state index is 11.4. The number of aryl methyl sites for hydroxylation is 1. The fraction of sp³-hybridized carbons (Fsp3) is 0.200. The van der Waals surface area contributed by atoms with Crippen LogP contribution in [-0.4, -0.2) is 16.1 Å². The smallest absolute Gasteiger partial charge is 0.346 e. The fourth-order valence-corrected chi connectivity index (χ4v) is 3.93. The van der Waals surface area contributed by atoms with E-state index in [-0.39, 0.29) is 0 Å². The van der Waals surface area contributed by atoms with Crippen LogP contribution in [0.5, 0.6) is 0 Å². The number of carbonyl (C=O) groups is 1. The van der Waals surface area contributed by atoms with Gasteiger partial charge in [0.25, 0.3) is 0 Å². The van der Waals surface area contributed by atoms with Crippen molar-refractivity contribution in [2.75, 3.05) is 0 Å². The van der Waals surface area contributed by atoms with Crippen LogP contribution in [0.3, 0.4) is 0 Å². The van der Waals surface area contributed by atoms with E-state index in [1.165, 1.54) is 11.3 Å².